The van der Waals surface area contributed by atoms with Crippen molar-refractivity contribution >= 4 is 20.2 Å². The molecule has 0 saturated carbocycles. The number of nitrogens with zero attached hydrogens (tertiary/aromatic N) is 1. The maximum absolute atomic E-state index is 10.9. The van der Waals surface area contributed by atoms with Crippen molar-refractivity contribution < 1.29 is 25.9 Å². The molecular formula is C11H18N2O6S2. The van der Waals surface area contributed by atoms with Crippen molar-refractivity contribution in [3.63, 3.8) is 0 Å². The van der Waals surface area contributed by atoms with Crippen LogP contribution >= 0.6 is 0 Å². The van der Waals surface area contributed by atoms with E-state index in [-0.39, 0.29) is 6.04 Å². The van der Waals surface area contributed by atoms with E-state index in [1.165, 1.54) is 0 Å². The van der Waals surface area contributed by atoms with Crippen LogP contribution in [-0.2, 0) is 26.7 Å². The summed E-state index contributed by atoms with van der Waals surface area (Å²) < 4.78 is 61.1. The minimum Gasteiger partial charge on any atom is -0.285 e. The molecule has 3 N–H and O–H groups in total. The van der Waals surface area contributed by atoms with E-state index in [2.05, 4.69) is 5.43 Å². The number of nitrogens with one attached hydrogen (secondary N) is 1. The van der Waals surface area contributed by atoms with E-state index in [1.54, 1.807) is 6.92 Å². The molecule has 10 heteroatoms. The first-order valence-electron chi connectivity index (χ1n) is 6.00. The van der Waals surface area contributed by atoms with E-state index in [4.69, 9.17) is 9.11 Å². The van der Waals surface area contributed by atoms with Crippen LogP contribution in [0.1, 0.15) is 12.5 Å². The number of hydrogen-bond acceptors (Lipinski definition) is 6. The maximum Gasteiger partial charge on any atom is 0.279 e. The van der Waals surface area contributed by atoms with Gasteiger partial charge in [0.05, 0.1) is 0 Å². The van der Waals surface area contributed by atoms with E-state index in [0.29, 0.717) is 6.42 Å². The molecule has 0 heterocycles. The molecule has 0 aromatic heterocycles. The van der Waals surface area contributed by atoms with E-state index in [9.17, 15) is 16.8 Å². The van der Waals surface area contributed by atoms with Crippen LogP contribution in [-0.4, -0.2) is 48.7 Å². The zero-order valence-corrected chi connectivity index (χ0v) is 13.0. The molecule has 120 valence electrons. The smallest absolute Gasteiger partial charge is 0.279 e. The summed E-state index contributed by atoms with van der Waals surface area (Å²) in [7, 11) is -8.85. The zero-order valence-electron chi connectivity index (χ0n) is 11.4. The Labute approximate surface area is 124 Å². The second-order valence-electron chi connectivity index (χ2n) is 4.68. The number of hydrogen-bond donors (Lipinski definition) is 3. The first kappa shape index (κ1) is 18.0. The average Bonchev–Trinajstić information content (AvgIpc) is 2.24. The monoisotopic (exact) mass is 338 g/mol. The molecule has 1 atom stereocenters. The Balaban J connectivity index is 2.71. The van der Waals surface area contributed by atoms with Crippen LogP contribution in [0.3, 0.4) is 0 Å². The van der Waals surface area contributed by atoms with Crippen LogP contribution < -0.4 is 5.43 Å². The van der Waals surface area contributed by atoms with Gasteiger partial charge in [0.1, 0.15) is 11.8 Å². The highest BCUT2D eigenvalue weighted by molar-refractivity contribution is 7.86. The SMILES string of the molecule is C[C@@H](Cc1ccccc1)NN(CS(=O)(=O)O)CS(=O)(=O)O. The Morgan fingerprint density at radius 1 is 1.05 bits per heavy atom. The molecule has 0 aliphatic rings. The molecule has 0 radical (unpaired) electrons. The Hall–Kier alpha value is -1.04. The van der Waals surface area contributed by atoms with Gasteiger partial charge >= 0.3 is 0 Å². The minimum absolute atomic E-state index is 0.309. The Morgan fingerprint density at radius 2 is 1.52 bits per heavy atom. The first-order valence-corrected chi connectivity index (χ1v) is 9.22. The van der Waals surface area contributed by atoms with Crippen LogP contribution in [0, 0.1) is 0 Å². The van der Waals surface area contributed by atoms with Gasteiger partial charge in [-0.2, -0.15) is 16.8 Å². The van der Waals surface area contributed by atoms with Crippen molar-refractivity contribution in [2.75, 3.05) is 11.8 Å². The zero-order chi connectivity index (χ0) is 16.1. The molecule has 0 aliphatic carbocycles. The number of hydrazine groups is 1. The fourth-order valence-corrected chi connectivity index (χ4v) is 3.07. The average molecular weight is 338 g/mol. The van der Waals surface area contributed by atoms with Gasteiger partial charge in [-0.15, -0.1) is 0 Å². The summed E-state index contributed by atoms with van der Waals surface area (Å²) in [6.07, 6.45) is 0.508. The summed E-state index contributed by atoms with van der Waals surface area (Å²) in [6.45, 7) is 1.72. The van der Waals surface area contributed by atoms with E-state index < -0.39 is 32.0 Å². The summed E-state index contributed by atoms with van der Waals surface area (Å²) in [5.41, 5.74) is 3.60. The van der Waals surface area contributed by atoms with E-state index >= 15 is 0 Å². The summed E-state index contributed by atoms with van der Waals surface area (Å²) in [4.78, 5) is 0. The van der Waals surface area contributed by atoms with Gasteiger partial charge < -0.3 is 0 Å². The number of rotatable bonds is 8. The summed E-state index contributed by atoms with van der Waals surface area (Å²) >= 11 is 0. The molecule has 8 nitrogen and oxygen atoms in total. The first-order chi connectivity index (χ1) is 9.55. The lowest BCUT2D eigenvalue weighted by atomic mass is 10.1. The quantitative estimate of drug-likeness (QED) is 0.451. The Kier molecular flexibility index (Phi) is 6.25. The van der Waals surface area contributed by atoms with Crippen molar-refractivity contribution in [2.24, 2.45) is 0 Å². The van der Waals surface area contributed by atoms with Gasteiger partial charge in [-0.1, -0.05) is 30.3 Å². The van der Waals surface area contributed by atoms with Gasteiger partial charge in [-0.3, -0.25) is 9.11 Å². The van der Waals surface area contributed by atoms with Crippen molar-refractivity contribution in [1.82, 2.24) is 10.4 Å². The van der Waals surface area contributed by atoms with Crippen LogP contribution in [0.15, 0.2) is 30.3 Å². The Bertz CT molecular complexity index is 611. The number of benzene rings is 1. The second-order valence-corrected chi connectivity index (χ2v) is 7.53. The second kappa shape index (κ2) is 7.29. The Morgan fingerprint density at radius 3 is 1.95 bits per heavy atom. The molecule has 0 aliphatic heterocycles. The third-order valence-electron chi connectivity index (χ3n) is 2.43. The van der Waals surface area contributed by atoms with Crippen molar-refractivity contribution in [3.05, 3.63) is 35.9 Å². The summed E-state index contributed by atoms with van der Waals surface area (Å²) in [5.74, 6) is -1.90. The maximum atomic E-state index is 10.9. The predicted octanol–water partition coefficient (Wildman–Crippen LogP) is 0.115. The molecule has 0 amide bonds. The highest BCUT2D eigenvalue weighted by Crippen LogP contribution is 2.04. The highest BCUT2D eigenvalue weighted by atomic mass is 32.2. The standard InChI is InChI=1S/C11H18N2O6S2/c1-10(7-11-5-3-2-4-6-11)12-13(8-20(14,15)16)9-21(17,18)19/h2-6,10,12H,7-9H2,1H3,(H,14,15,16)(H,17,18,19)/t10-/m0/s1. The molecule has 0 unspecified atom stereocenters. The van der Waals surface area contributed by atoms with Crippen LogP contribution in [0.25, 0.3) is 0 Å². The van der Waals surface area contributed by atoms with Gasteiger partial charge in [-0.05, 0) is 18.9 Å². The van der Waals surface area contributed by atoms with Crippen molar-refractivity contribution in [3.8, 4) is 0 Å². The molecule has 21 heavy (non-hydrogen) atoms. The molecule has 0 spiro atoms. The van der Waals surface area contributed by atoms with Gasteiger partial charge in [0.25, 0.3) is 20.2 Å². The largest absolute Gasteiger partial charge is 0.285 e. The van der Waals surface area contributed by atoms with Gasteiger partial charge in [-0.25, -0.2) is 10.4 Å². The minimum atomic E-state index is -4.43. The fourth-order valence-electron chi connectivity index (χ4n) is 1.83. The van der Waals surface area contributed by atoms with Crippen LogP contribution in [0.4, 0.5) is 0 Å². The lowest BCUT2D eigenvalue weighted by Gasteiger charge is -2.24. The predicted molar refractivity (Wildman–Crippen MR) is 77.4 cm³/mol. The summed E-state index contributed by atoms with van der Waals surface area (Å²) in [6, 6.07) is 8.97. The van der Waals surface area contributed by atoms with Crippen LogP contribution in [0.2, 0.25) is 0 Å². The lowest BCUT2D eigenvalue weighted by Crippen LogP contribution is -2.48. The van der Waals surface area contributed by atoms with Crippen molar-refractivity contribution in [1.29, 1.82) is 0 Å². The fraction of sp³-hybridized carbons (Fsp3) is 0.455. The third-order valence-corrected chi connectivity index (χ3v) is 3.70. The van der Waals surface area contributed by atoms with Crippen molar-refractivity contribution in [2.45, 2.75) is 19.4 Å². The third kappa shape index (κ3) is 8.75. The van der Waals surface area contributed by atoms with E-state index in [0.717, 1.165) is 10.6 Å². The van der Waals surface area contributed by atoms with Gasteiger partial charge in [0.2, 0.25) is 0 Å². The molecular weight excluding hydrogens is 320 g/mol. The van der Waals surface area contributed by atoms with E-state index in [1.807, 2.05) is 30.3 Å². The molecule has 1 rings (SSSR count). The highest BCUT2D eigenvalue weighted by Gasteiger charge is 2.21. The van der Waals surface area contributed by atoms with Gasteiger partial charge in [0, 0.05) is 6.04 Å². The van der Waals surface area contributed by atoms with Gasteiger partial charge in [0.15, 0.2) is 0 Å². The normalized spacial score (nSPS) is 14.3. The van der Waals surface area contributed by atoms with Crippen LogP contribution in [0.5, 0.6) is 0 Å². The summed E-state index contributed by atoms with van der Waals surface area (Å²) in [5, 5.41) is 0.734. The molecule has 1 aromatic carbocycles. The molecule has 0 bridgehead atoms. The molecule has 1 aromatic rings. The topological polar surface area (TPSA) is 124 Å². The molecule has 0 saturated heterocycles. The lowest BCUT2D eigenvalue weighted by molar-refractivity contribution is 0.210. The molecule has 0 fully saturated rings.